The van der Waals surface area contributed by atoms with Gasteiger partial charge < -0.3 is 10.6 Å². The molecule has 0 aliphatic rings. The van der Waals surface area contributed by atoms with Crippen LogP contribution in [0.1, 0.15) is 60.4 Å². The van der Waals surface area contributed by atoms with Crippen molar-refractivity contribution < 1.29 is 4.79 Å². The lowest BCUT2D eigenvalue weighted by molar-refractivity contribution is 0.247. The minimum atomic E-state index is -0.203. The van der Waals surface area contributed by atoms with Gasteiger partial charge in [0.05, 0.1) is 6.04 Å². The molecule has 0 aliphatic heterocycles. The number of anilines is 1. The van der Waals surface area contributed by atoms with Crippen LogP contribution in [0.25, 0.3) is 0 Å². The van der Waals surface area contributed by atoms with E-state index in [4.69, 9.17) is 0 Å². The Balaban J connectivity index is 1.57. The summed E-state index contributed by atoms with van der Waals surface area (Å²) in [6.45, 7) is 4.32. The molecule has 4 aromatic carbocycles. The van der Waals surface area contributed by atoms with E-state index in [1.807, 2.05) is 42.5 Å². The Morgan fingerprint density at radius 1 is 0.618 bits per heavy atom. The lowest BCUT2D eigenvalue weighted by atomic mass is 9.84. The van der Waals surface area contributed by atoms with Crippen LogP contribution in [-0.4, -0.2) is 6.03 Å². The fourth-order valence-electron chi connectivity index (χ4n) is 4.31. The predicted octanol–water partition coefficient (Wildman–Crippen LogP) is 7.90. The standard InChI is InChI=1S/C31H32N2O/c1-23(2)24-18-20-28(21-19-24)32-31(34)33-30(27-16-10-5-11-17-27)22-29(25-12-6-3-7-13-25)26-14-8-4-9-15-26/h3-21,23,29-30H,22H2,1-2H3,(H2,32,33,34). The van der Waals surface area contributed by atoms with Crippen molar-refractivity contribution >= 4 is 11.7 Å². The van der Waals surface area contributed by atoms with Gasteiger partial charge in [0.2, 0.25) is 0 Å². The summed E-state index contributed by atoms with van der Waals surface area (Å²) in [5, 5.41) is 6.25. The molecule has 0 aliphatic carbocycles. The summed E-state index contributed by atoms with van der Waals surface area (Å²) < 4.78 is 0. The molecule has 2 N–H and O–H groups in total. The number of amides is 2. The van der Waals surface area contributed by atoms with Crippen molar-refractivity contribution in [1.29, 1.82) is 0 Å². The normalized spacial score (nSPS) is 11.9. The van der Waals surface area contributed by atoms with Gasteiger partial charge in [0, 0.05) is 11.6 Å². The van der Waals surface area contributed by atoms with E-state index in [-0.39, 0.29) is 18.0 Å². The van der Waals surface area contributed by atoms with Crippen LogP contribution in [0.15, 0.2) is 115 Å². The lowest BCUT2D eigenvalue weighted by Crippen LogP contribution is -2.33. The van der Waals surface area contributed by atoms with Gasteiger partial charge in [0.25, 0.3) is 0 Å². The van der Waals surface area contributed by atoms with Gasteiger partial charge in [-0.2, -0.15) is 0 Å². The van der Waals surface area contributed by atoms with Crippen LogP contribution in [0, 0.1) is 0 Å². The summed E-state index contributed by atoms with van der Waals surface area (Å²) in [6, 6.07) is 38.9. The molecule has 3 nitrogen and oxygen atoms in total. The van der Waals surface area contributed by atoms with Gasteiger partial charge in [0.1, 0.15) is 0 Å². The SMILES string of the molecule is CC(C)c1ccc(NC(=O)NC(CC(c2ccccc2)c2ccccc2)c2ccccc2)cc1. The molecule has 0 fully saturated rings. The van der Waals surface area contributed by atoms with Gasteiger partial charge in [-0.05, 0) is 46.7 Å². The van der Waals surface area contributed by atoms with Gasteiger partial charge in [-0.3, -0.25) is 0 Å². The van der Waals surface area contributed by atoms with Gasteiger partial charge in [-0.15, -0.1) is 0 Å². The van der Waals surface area contributed by atoms with E-state index < -0.39 is 0 Å². The second kappa shape index (κ2) is 11.3. The Morgan fingerprint density at radius 2 is 1.09 bits per heavy atom. The molecule has 0 bridgehead atoms. The molecule has 0 heterocycles. The van der Waals surface area contributed by atoms with E-state index >= 15 is 0 Å². The van der Waals surface area contributed by atoms with Gasteiger partial charge >= 0.3 is 6.03 Å². The van der Waals surface area contributed by atoms with Crippen LogP contribution in [0.4, 0.5) is 10.5 Å². The predicted molar refractivity (Wildman–Crippen MR) is 141 cm³/mol. The zero-order valence-corrected chi connectivity index (χ0v) is 19.8. The topological polar surface area (TPSA) is 41.1 Å². The van der Waals surface area contributed by atoms with E-state index in [0.717, 1.165) is 17.7 Å². The number of rotatable bonds is 8. The Morgan fingerprint density at radius 3 is 1.56 bits per heavy atom. The molecule has 3 heteroatoms. The first-order valence-electron chi connectivity index (χ1n) is 11.9. The molecular weight excluding hydrogens is 416 g/mol. The Hall–Kier alpha value is -3.85. The smallest absolute Gasteiger partial charge is 0.319 e. The van der Waals surface area contributed by atoms with Crippen LogP contribution in [0.3, 0.4) is 0 Å². The largest absolute Gasteiger partial charge is 0.331 e. The zero-order valence-electron chi connectivity index (χ0n) is 19.8. The van der Waals surface area contributed by atoms with Crippen LogP contribution in [-0.2, 0) is 0 Å². The second-order valence-corrected chi connectivity index (χ2v) is 8.95. The highest BCUT2D eigenvalue weighted by atomic mass is 16.2. The highest BCUT2D eigenvalue weighted by Crippen LogP contribution is 2.34. The number of carbonyl (C=O) groups is 1. The molecule has 0 radical (unpaired) electrons. The molecule has 2 amide bonds. The molecule has 34 heavy (non-hydrogen) atoms. The van der Waals surface area contributed by atoms with Crippen molar-refractivity contribution in [2.24, 2.45) is 0 Å². The van der Waals surface area contributed by atoms with Crippen molar-refractivity contribution in [2.75, 3.05) is 5.32 Å². The molecule has 4 aromatic rings. The summed E-state index contributed by atoms with van der Waals surface area (Å²) >= 11 is 0. The second-order valence-electron chi connectivity index (χ2n) is 8.95. The minimum Gasteiger partial charge on any atom is -0.331 e. The van der Waals surface area contributed by atoms with Gasteiger partial charge in [-0.25, -0.2) is 4.79 Å². The third-order valence-electron chi connectivity index (χ3n) is 6.22. The molecule has 1 atom stereocenters. The van der Waals surface area contributed by atoms with Crippen LogP contribution in [0.5, 0.6) is 0 Å². The first-order chi connectivity index (χ1) is 16.6. The van der Waals surface area contributed by atoms with Crippen LogP contribution >= 0.6 is 0 Å². The summed E-state index contributed by atoms with van der Waals surface area (Å²) in [7, 11) is 0. The number of urea groups is 1. The van der Waals surface area contributed by atoms with E-state index in [1.54, 1.807) is 0 Å². The monoisotopic (exact) mass is 448 g/mol. The molecule has 0 saturated carbocycles. The Labute approximate surface area is 202 Å². The quantitative estimate of drug-likeness (QED) is 0.283. The highest BCUT2D eigenvalue weighted by Gasteiger charge is 2.23. The zero-order chi connectivity index (χ0) is 23.8. The molecule has 0 spiro atoms. The van der Waals surface area contributed by atoms with E-state index in [2.05, 4.69) is 97.3 Å². The van der Waals surface area contributed by atoms with E-state index in [0.29, 0.717) is 5.92 Å². The molecule has 0 saturated heterocycles. The lowest BCUT2D eigenvalue weighted by Gasteiger charge is -2.26. The van der Waals surface area contributed by atoms with Crippen molar-refractivity contribution in [3.8, 4) is 0 Å². The Kier molecular flexibility index (Phi) is 7.77. The minimum absolute atomic E-state index is 0.151. The molecule has 0 aromatic heterocycles. The number of nitrogens with one attached hydrogen (secondary N) is 2. The average Bonchev–Trinajstić information content (AvgIpc) is 2.88. The summed E-state index contributed by atoms with van der Waals surface area (Å²) in [4.78, 5) is 13.0. The highest BCUT2D eigenvalue weighted by molar-refractivity contribution is 5.89. The number of hydrogen-bond acceptors (Lipinski definition) is 1. The maximum Gasteiger partial charge on any atom is 0.319 e. The van der Waals surface area contributed by atoms with E-state index in [1.165, 1.54) is 16.7 Å². The van der Waals surface area contributed by atoms with Crippen molar-refractivity contribution in [1.82, 2.24) is 5.32 Å². The number of benzene rings is 4. The maximum atomic E-state index is 13.0. The fraction of sp³-hybridized carbons (Fsp3) is 0.194. The summed E-state index contributed by atoms with van der Waals surface area (Å²) in [5.74, 6) is 0.608. The van der Waals surface area contributed by atoms with Crippen molar-refractivity contribution in [3.63, 3.8) is 0 Å². The Bertz CT molecular complexity index is 1120. The van der Waals surface area contributed by atoms with Gasteiger partial charge in [0.15, 0.2) is 0 Å². The average molecular weight is 449 g/mol. The molecule has 172 valence electrons. The molecule has 4 rings (SSSR count). The molecular formula is C31H32N2O. The third kappa shape index (κ3) is 6.14. The van der Waals surface area contributed by atoms with Crippen molar-refractivity contribution in [3.05, 3.63) is 138 Å². The number of carbonyl (C=O) groups excluding carboxylic acids is 1. The first kappa shape index (κ1) is 23.3. The van der Waals surface area contributed by atoms with Gasteiger partial charge in [-0.1, -0.05) is 117 Å². The summed E-state index contributed by atoms with van der Waals surface area (Å²) in [5.41, 5.74) is 5.60. The van der Waals surface area contributed by atoms with E-state index in [9.17, 15) is 4.79 Å². The summed E-state index contributed by atoms with van der Waals surface area (Å²) in [6.07, 6.45) is 0.748. The number of hydrogen-bond donors (Lipinski definition) is 2. The van der Waals surface area contributed by atoms with Crippen LogP contribution in [0.2, 0.25) is 0 Å². The first-order valence-corrected chi connectivity index (χ1v) is 11.9. The van der Waals surface area contributed by atoms with Crippen LogP contribution < -0.4 is 10.6 Å². The third-order valence-corrected chi connectivity index (χ3v) is 6.22. The molecule has 1 unspecified atom stereocenters. The fourth-order valence-corrected chi connectivity index (χ4v) is 4.31. The van der Waals surface area contributed by atoms with Crippen molar-refractivity contribution in [2.45, 2.75) is 38.1 Å². The maximum absolute atomic E-state index is 13.0.